The monoisotopic (exact) mass is 489 g/mol. The second-order valence-corrected chi connectivity index (χ2v) is 9.68. The normalized spacial score (nSPS) is 19.5. The highest BCUT2D eigenvalue weighted by Gasteiger charge is 2.38. The average Bonchev–Trinajstić information content (AvgIpc) is 2.97. The second kappa shape index (κ2) is 7.39. The lowest BCUT2D eigenvalue weighted by molar-refractivity contribution is 0.271. The first-order chi connectivity index (χ1) is 15.2. The summed E-state index contributed by atoms with van der Waals surface area (Å²) < 4.78 is 12.9. The van der Waals surface area contributed by atoms with E-state index in [1.165, 1.54) is 0 Å². The molecular weight excluding hydrogens is 474 g/mol. The molecule has 0 radical (unpaired) electrons. The first-order valence-corrected chi connectivity index (χ1v) is 11.6. The highest BCUT2D eigenvalue weighted by molar-refractivity contribution is 9.10. The predicted octanol–water partition coefficient (Wildman–Crippen LogP) is 6.53. The molecule has 4 aromatic rings. The Morgan fingerprint density at radius 2 is 1.87 bits per heavy atom. The smallest absolute Gasteiger partial charge is 0.197 e. The minimum absolute atomic E-state index is 0.0161. The van der Waals surface area contributed by atoms with Gasteiger partial charge in [0, 0.05) is 20.5 Å². The lowest BCUT2D eigenvalue weighted by Crippen LogP contribution is -2.33. The van der Waals surface area contributed by atoms with Crippen LogP contribution >= 0.6 is 27.7 Å². The van der Waals surface area contributed by atoms with Gasteiger partial charge in [-0.15, -0.1) is 11.8 Å². The van der Waals surface area contributed by atoms with E-state index >= 15 is 0 Å². The molecule has 1 aromatic heterocycles. The van der Waals surface area contributed by atoms with Gasteiger partial charge in [0.1, 0.15) is 11.3 Å². The van der Waals surface area contributed by atoms with E-state index in [-0.39, 0.29) is 16.6 Å². The first-order valence-electron chi connectivity index (χ1n) is 9.96. The van der Waals surface area contributed by atoms with Crippen LogP contribution in [0.2, 0.25) is 0 Å². The standard InChI is InChI=1S/C25H16BrNO3S/c26-14-9-10-21-16(11-14)24(28)18(13-30-21)25-17-12-29-20-7-3-1-5-15(20)23(17)27-19-6-2-4-8-22(19)31-25/h1-11,13,17,25H,12H2/t17-,25+/m0/s1. The summed E-state index contributed by atoms with van der Waals surface area (Å²) in [6.45, 7) is 0.456. The molecule has 4 nitrogen and oxygen atoms in total. The van der Waals surface area contributed by atoms with Crippen molar-refractivity contribution in [2.75, 3.05) is 6.61 Å². The van der Waals surface area contributed by atoms with Crippen molar-refractivity contribution in [2.24, 2.45) is 10.9 Å². The van der Waals surface area contributed by atoms with Gasteiger partial charge in [-0.25, -0.2) is 0 Å². The molecule has 0 saturated carbocycles. The van der Waals surface area contributed by atoms with Crippen LogP contribution in [0.4, 0.5) is 5.69 Å². The number of fused-ring (bicyclic) bond motifs is 5. The van der Waals surface area contributed by atoms with Crippen molar-refractivity contribution in [3.05, 3.63) is 98.8 Å². The maximum absolute atomic E-state index is 13.5. The minimum Gasteiger partial charge on any atom is -0.492 e. The molecule has 31 heavy (non-hydrogen) atoms. The summed E-state index contributed by atoms with van der Waals surface area (Å²) >= 11 is 5.12. The molecule has 152 valence electrons. The molecule has 0 unspecified atom stereocenters. The molecule has 0 fully saturated rings. The summed E-state index contributed by atoms with van der Waals surface area (Å²) in [5.41, 5.74) is 4.05. The van der Waals surface area contributed by atoms with Crippen LogP contribution in [0.25, 0.3) is 11.0 Å². The van der Waals surface area contributed by atoms with Crippen LogP contribution in [-0.2, 0) is 0 Å². The quantitative estimate of drug-likeness (QED) is 0.304. The van der Waals surface area contributed by atoms with Gasteiger partial charge in [-0.05, 0) is 42.5 Å². The van der Waals surface area contributed by atoms with Crippen molar-refractivity contribution >= 4 is 50.1 Å². The number of halogens is 1. The summed E-state index contributed by atoms with van der Waals surface area (Å²) in [6.07, 6.45) is 1.61. The Bertz CT molecular complexity index is 1430. The molecule has 0 amide bonds. The maximum atomic E-state index is 13.5. The van der Waals surface area contributed by atoms with Gasteiger partial charge in [0.25, 0.3) is 0 Å². The SMILES string of the molecule is O=c1c([C@@H]2Sc3ccccc3N=C3c4ccccc4OC[C@@H]32)coc2ccc(Br)cc12. The van der Waals surface area contributed by atoms with Crippen LogP contribution in [0.3, 0.4) is 0 Å². The third-order valence-corrected chi connectivity index (χ3v) is 7.65. The van der Waals surface area contributed by atoms with Crippen LogP contribution in [0, 0.1) is 5.92 Å². The summed E-state index contributed by atoms with van der Waals surface area (Å²) in [5, 5.41) is 0.385. The molecule has 0 bridgehead atoms. The summed E-state index contributed by atoms with van der Waals surface area (Å²) in [6, 6.07) is 21.5. The van der Waals surface area contributed by atoms with Crippen molar-refractivity contribution in [3.63, 3.8) is 0 Å². The molecule has 6 heteroatoms. The molecule has 6 rings (SSSR count). The largest absolute Gasteiger partial charge is 0.492 e. The van der Waals surface area contributed by atoms with E-state index in [1.807, 2.05) is 60.7 Å². The van der Waals surface area contributed by atoms with Crippen LogP contribution in [0.5, 0.6) is 5.75 Å². The lowest BCUT2D eigenvalue weighted by Gasteiger charge is -2.31. The van der Waals surface area contributed by atoms with Crippen molar-refractivity contribution < 1.29 is 9.15 Å². The Morgan fingerprint density at radius 3 is 2.81 bits per heavy atom. The van der Waals surface area contributed by atoms with Crippen LogP contribution < -0.4 is 10.2 Å². The molecular formula is C25H16BrNO3S. The number of nitrogens with zero attached hydrogens (tertiary/aromatic N) is 1. The van der Waals surface area contributed by atoms with Crippen LogP contribution in [-0.4, -0.2) is 12.3 Å². The molecule has 2 aliphatic heterocycles. The van der Waals surface area contributed by atoms with Gasteiger partial charge in [-0.2, -0.15) is 0 Å². The minimum atomic E-state index is -0.185. The predicted molar refractivity (Wildman–Crippen MR) is 127 cm³/mol. The molecule has 2 aliphatic rings. The molecule has 3 aromatic carbocycles. The van der Waals surface area contributed by atoms with E-state index in [9.17, 15) is 4.79 Å². The number of thioether (sulfide) groups is 1. The van der Waals surface area contributed by atoms with Gasteiger partial charge >= 0.3 is 0 Å². The van der Waals surface area contributed by atoms with E-state index < -0.39 is 0 Å². The zero-order chi connectivity index (χ0) is 20.9. The van der Waals surface area contributed by atoms with Crippen molar-refractivity contribution in [2.45, 2.75) is 10.1 Å². The number of benzene rings is 3. The topological polar surface area (TPSA) is 51.8 Å². The van der Waals surface area contributed by atoms with Crippen molar-refractivity contribution in [1.82, 2.24) is 0 Å². The Hall–Kier alpha value is -2.83. The Kier molecular flexibility index (Phi) is 4.51. The Morgan fingerprint density at radius 1 is 1.03 bits per heavy atom. The first kappa shape index (κ1) is 18.9. The Balaban J connectivity index is 1.58. The van der Waals surface area contributed by atoms with E-state index in [0.717, 1.165) is 32.1 Å². The third-order valence-electron chi connectivity index (χ3n) is 5.73. The molecule has 0 spiro atoms. The Labute approximate surface area is 191 Å². The van der Waals surface area contributed by atoms with Gasteiger partial charge in [0.05, 0.1) is 40.8 Å². The number of rotatable bonds is 1. The fourth-order valence-corrected chi connectivity index (χ4v) is 5.92. The number of hydrogen-bond donors (Lipinski definition) is 0. The summed E-state index contributed by atoms with van der Waals surface area (Å²) in [7, 11) is 0. The van der Waals surface area contributed by atoms with E-state index in [1.54, 1.807) is 18.0 Å². The second-order valence-electron chi connectivity index (χ2n) is 7.58. The van der Waals surface area contributed by atoms with Crippen molar-refractivity contribution in [3.8, 4) is 5.75 Å². The van der Waals surface area contributed by atoms with Gasteiger partial charge in [0.15, 0.2) is 5.43 Å². The molecule has 0 saturated heterocycles. The number of ether oxygens (including phenoxy) is 1. The summed E-state index contributed by atoms with van der Waals surface area (Å²) in [4.78, 5) is 19.7. The van der Waals surface area contributed by atoms with Crippen LogP contribution in [0.1, 0.15) is 16.4 Å². The van der Waals surface area contributed by atoms with E-state index in [0.29, 0.717) is 23.1 Å². The van der Waals surface area contributed by atoms with Crippen LogP contribution in [0.15, 0.2) is 96.6 Å². The summed E-state index contributed by atoms with van der Waals surface area (Å²) in [5.74, 6) is 0.745. The lowest BCUT2D eigenvalue weighted by atomic mass is 9.88. The van der Waals surface area contributed by atoms with E-state index in [4.69, 9.17) is 14.1 Å². The third kappa shape index (κ3) is 3.13. The fraction of sp³-hybridized carbons (Fsp3) is 0.120. The van der Waals surface area contributed by atoms with E-state index in [2.05, 4.69) is 22.0 Å². The fourth-order valence-electron chi connectivity index (χ4n) is 4.23. The average molecular weight is 490 g/mol. The number of para-hydroxylation sites is 2. The molecule has 2 atom stereocenters. The maximum Gasteiger partial charge on any atom is 0.197 e. The number of aliphatic imine (C=N–C) groups is 1. The van der Waals surface area contributed by atoms with Gasteiger partial charge in [-0.3, -0.25) is 9.79 Å². The zero-order valence-electron chi connectivity index (χ0n) is 16.2. The highest BCUT2D eigenvalue weighted by Crippen LogP contribution is 2.49. The molecule has 0 aliphatic carbocycles. The molecule has 3 heterocycles. The van der Waals surface area contributed by atoms with Crippen molar-refractivity contribution in [1.29, 1.82) is 0 Å². The molecule has 0 N–H and O–H groups in total. The van der Waals surface area contributed by atoms with Gasteiger partial charge in [-0.1, -0.05) is 40.2 Å². The highest BCUT2D eigenvalue weighted by atomic mass is 79.9. The number of hydrogen-bond acceptors (Lipinski definition) is 5. The zero-order valence-corrected chi connectivity index (χ0v) is 18.7. The van der Waals surface area contributed by atoms with Gasteiger partial charge < -0.3 is 9.15 Å². The van der Waals surface area contributed by atoms with Gasteiger partial charge in [0.2, 0.25) is 0 Å².